The maximum Gasteiger partial charge on any atom is 0.171 e. The van der Waals surface area contributed by atoms with Gasteiger partial charge in [0.1, 0.15) is 13.2 Å². The van der Waals surface area contributed by atoms with Crippen molar-refractivity contribution in [1.82, 2.24) is 0 Å². The zero-order valence-corrected chi connectivity index (χ0v) is 20.1. The standard InChI is InChI=1S/C24H39N2O4P/c1-3-27-21-17-25-13-9-23(10-14-25)7-5-19-29-31-30-20-6-8-24-11-15-26(16-12-24)18-22-28-4-2/h9-16,31H,3-8,17-22H2,1-2H3/q+2. The minimum Gasteiger partial charge on any atom is -0.375 e. The third-order valence-corrected chi connectivity index (χ3v) is 5.50. The van der Waals surface area contributed by atoms with E-state index in [0.29, 0.717) is 0 Å². The molecule has 0 N–H and O–H groups in total. The second kappa shape index (κ2) is 17.2. The van der Waals surface area contributed by atoms with Gasteiger partial charge in [0.05, 0.1) is 13.2 Å². The lowest BCUT2D eigenvalue weighted by atomic mass is 10.1. The minimum atomic E-state index is 0.126. The molecule has 0 aromatic carbocycles. The fraction of sp³-hybridized carbons (Fsp3) is 0.583. The molecule has 0 bridgehead atoms. The summed E-state index contributed by atoms with van der Waals surface area (Å²) < 4.78 is 26.3. The van der Waals surface area contributed by atoms with E-state index < -0.39 is 0 Å². The molecule has 2 aromatic heterocycles. The maximum atomic E-state index is 5.63. The number of rotatable bonds is 18. The average Bonchev–Trinajstić information content (AvgIpc) is 2.80. The van der Waals surface area contributed by atoms with E-state index in [-0.39, 0.29) is 9.03 Å². The zero-order valence-electron chi connectivity index (χ0n) is 19.1. The van der Waals surface area contributed by atoms with Crippen molar-refractivity contribution in [3.63, 3.8) is 0 Å². The van der Waals surface area contributed by atoms with Crippen molar-refractivity contribution >= 4 is 9.03 Å². The van der Waals surface area contributed by atoms with Crippen molar-refractivity contribution in [3.05, 3.63) is 60.2 Å². The Morgan fingerprint density at radius 1 is 0.645 bits per heavy atom. The van der Waals surface area contributed by atoms with Crippen LogP contribution in [0.3, 0.4) is 0 Å². The molecule has 0 spiro atoms. The first-order valence-electron chi connectivity index (χ1n) is 11.4. The predicted octanol–water partition coefficient (Wildman–Crippen LogP) is 3.44. The molecule has 31 heavy (non-hydrogen) atoms. The first-order valence-corrected chi connectivity index (χ1v) is 12.2. The SMILES string of the molecule is CCOCC[n+]1ccc(CCCOPOCCCc2cc[n+](CCOCC)cc2)cc1. The quantitative estimate of drug-likeness (QED) is 0.198. The summed E-state index contributed by atoms with van der Waals surface area (Å²) in [4.78, 5) is 0. The van der Waals surface area contributed by atoms with Gasteiger partial charge < -0.3 is 18.5 Å². The van der Waals surface area contributed by atoms with Crippen LogP contribution < -0.4 is 9.13 Å². The number of aryl methyl sites for hydroxylation is 2. The van der Waals surface area contributed by atoms with Crippen molar-refractivity contribution in [2.45, 2.75) is 52.6 Å². The fourth-order valence-corrected chi connectivity index (χ4v) is 3.60. The number of hydrogen-bond donors (Lipinski definition) is 0. The molecular weight excluding hydrogens is 411 g/mol. The highest BCUT2D eigenvalue weighted by atomic mass is 31.1. The summed E-state index contributed by atoms with van der Waals surface area (Å²) in [5.41, 5.74) is 2.67. The monoisotopic (exact) mass is 450 g/mol. The molecule has 2 rings (SSSR count). The Morgan fingerprint density at radius 2 is 1.06 bits per heavy atom. The summed E-state index contributed by atoms with van der Waals surface area (Å²) in [6.07, 6.45) is 12.5. The summed E-state index contributed by atoms with van der Waals surface area (Å²) in [5, 5.41) is 0. The predicted molar refractivity (Wildman–Crippen MR) is 123 cm³/mol. The summed E-state index contributed by atoms with van der Waals surface area (Å²) in [5.74, 6) is 0. The lowest BCUT2D eigenvalue weighted by Gasteiger charge is -2.06. The molecule has 0 aliphatic carbocycles. The van der Waals surface area contributed by atoms with E-state index in [2.05, 4.69) is 58.2 Å². The second-order valence-electron chi connectivity index (χ2n) is 7.27. The van der Waals surface area contributed by atoms with E-state index in [9.17, 15) is 0 Å². The van der Waals surface area contributed by atoms with Crippen LogP contribution in [-0.2, 0) is 44.5 Å². The van der Waals surface area contributed by atoms with Crippen LogP contribution in [0.2, 0.25) is 0 Å². The van der Waals surface area contributed by atoms with Gasteiger partial charge in [0, 0.05) is 37.5 Å². The Hall–Kier alpha value is -1.43. The summed E-state index contributed by atoms with van der Waals surface area (Å²) >= 11 is 0. The molecule has 0 radical (unpaired) electrons. The molecule has 0 aliphatic rings. The Kier molecular flexibility index (Phi) is 14.3. The summed E-state index contributed by atoms with van der Waals surface area (Å²) in [6, 6.07) is 8.70. The van der Waals surface area contributed by atoms with Gasteiger partial charge in [0.15, 0.2) is 46.9 Å². The Balaban J connectivity index is 1.44. The van der Waals surface area contributed by atoms with Gasteiger partial charge in [-0.05, 0) is 50.7 Å². The van der Waals surface area contributed by atoms with Gasteiger partial charge in [0.25, 0.3) is 0 Å². The van der Waals surface area contributed by atoms with Crippen molar-refractivity contribution in [2.75, 3.05) is 39.6 Å². The molecular formula is C24H39N2O4P+2. The highest BCUT2D eigenvalue weighted by Crippen LogP contribution is 2.15. The van der Waals surface area contributed by atoms with Gasteiger partial charge in [-0.1, -0.05) is 0 Å². The van der Waals surface area contributed by atoms with Crippen LogP contribution in [0.4, 0.5) is 0 Å². The number of ether oxygens (including phenoxy) is 2. The molecule has 0 aliphatic heterocycles. The van der Waals surface area contributed by atoms with Crippen LogP contribution in [-0.4, -0.2) is 39.6 Å². The smallest absolute Gasteiger partial charge is 0.171 e. The number of pyridine rings is 2. The van der Waals surface area contributed by atoms with Gasteiger partial charge in [-0.3, -0.25) is 0 Å². The fourth-order valence-electron chi connectivity index (χ4n) is 3.06. The van der Waals surface area contributed by atoms with Crippen molar-refractivity contribution in [1.29, 1.82) is 0 Å². The van der Waals surface area contributed by atoms with Crippen LogP contribution in [0.15, 0.2) is 49.1 Å². The van der Waals surface area contributed by atoms with E-state index in [1.165, 1.54) is 11.1 Å². The van der Waals surface area contributed by atoms with E-state index in [0.717, 1.165) is 78.4 Å². The third-order valence-electron chi connectivity index (χ3n) is 4.86. The van der Waals surface area contributed by atoms with Crippen LogP contribution in [0.1, 0.15) is 37.8 Å². The van der Waals surface area contributed by atoms with Crippen LogP contribution >= 0.6 is 9.03 Å². The normalized spacial score (nSPS) is 11.2. The topological polar surface area (TPSA) is 44.7 Å². The highest BCUT2D eigenvalue weighted by molar-refractivity contribution is 7.26. The zero-order chi connectivity index (χ0) is 22.0. The molecule has 0 saturated heterocycles. The lowest BCUT2D eigenvalue weighted by molar-refractivity contribution is -0.698. The minimum absolute atomic E-state index is 0.126. The van der Waals surface area contributed by atoms with E-state index in [1.54, 1.807) is 0 Å². The van der Waals surface area contributed by atoms with Crippen molar-refractivity contribution in [2.24, 2.45) is 0 Å². The molecule has 2 aromatic rings. The first kappa shape index (κ1) is 25.8. The average molecular weight is 451 g/mol. The number of hydrogen-bond acceptors (Lipinski definition) is 4. The molecule has 0 saturated carbocycles. The molecule has 0 unspecified atom stereocenters. The van der Waals surface area contributed by atoms with Crippen molar-refractivity contribution < 1.29 is 27.7 Å². The molecule has 172 valence electrons. The lowest BCUT2D eigenvalue weighted by Crippen LogP contribution is -2.35. The van der Waals surface area contributed by atoms with Crippen molar-refractivity contribution in [3.8, 4) is 0 Å². The van der Waals surface area contributed by atoms with Gasteiger partial charge >= 0.3 is 0 Å². The van der Waals surface area contributed by atoms with Crippen LogP contribution in [0, 0.1) is 0 Å². The maximum absolute atomic E-state index is 5.63. The molecule has 7 heteroatoms. The molecule has 0 amide bonds. The third kappa shape index (κ3) is 12.3. The van der Waals surface area contributed by atoms with Crippen LogP contribution in [0.5, 0.6) is 0 Å². The molecule has 6 nitrogen and oxygen atoms in total. The summed E-state index contributed by atoms with van der Waals surface area (Å²) in [6.45, 7) is 10.4. The number of aromatic nitrogens is 2. The van der Waals surface area contributed by atoms with E-state index in [1.807, 2.05) is 13.8 Å². The molecule has 2 heterocycles. The van der Waals surface area contributed by atoms with Gasteiger partial charge in [-0.15, -0.1) is 0 Å². The molecule has 0 atom stereocenters. The van der Waals surface area contributed by atoms with E-state index >= 15 is 0 Å². The summed E-state index contributed by atoms with van der Waals surface area (Å²) in [7, 11) is 0.126. The Labute approximate surface area is 189 Å². The first-order chi connectivity index (χ1) is 15.3. The highest BCUT2D eigenvalue weighted by Gasteiger charge is 2.03. The largest absolute Gasteiger partial charge is 0.375 e. The Morgan fingerprint density at radius 3 is 1.45 bits per heavy atom. The van der Waals surface area contributed by atoms with E-state index in [4.69, 9.17) is 18.5 Å². The Bertz CT molecular complexity index is 623. The number of nitrogens with zero attached hydrogens (tertiary/aromatic N) is 2. The van der Waals surface area contributed by atoms with Crippen LogP contribution in [0.25, 0.3) is 0 Å². The molecule has 0 fully saturated rings. The second-order valence-corrected chi connectivity index (χ2v) is 8.01. The van der Waals surface area contributed by atoms with Gasteiger partial charge in [-0.2, -0.15) is 0 Å². The van der Waals surface area contributed by atoms with Gasteiger partial charge in [-0.25, -0.2) is 9.13 Å². The van der Waals surface area contributed by atoms with Gasteiger partial charge in [0.2, 0.25) is 0 Å².